The SMILES string of the molecule is CCC(CC)(CC(=O)O)NC(=O)c1cc(Cl)cn1C. The van der Waals surface area contributed by atoms with E-state index in [0.29, 0.717) is 23.6 Å². The quantitative estimate of drug-likeness (QED) is 0.844. The average molecular weight is 287 g/mol. The van der Waals surface area contributed by atoms with Crippen molar-refractivity contribution in [2.45, 2.75) is 38.6 Å². The monoisotopic (exact) mass is 286 g/mol. The number of hydrogen-bond donors (Lipinski definition) is 2. The van der Waals surface area contributed by atoms with Crippen LogP contribution in [0.15, 0.2) is 12.3 Å². The van der Waals surface area contributed by atoms with E-state index in [1.165, 1.54) is 0 Å². The Morgan fingerprint density at radius 3 is 2.37 bits per heavy atom. The third kappa shape index (κ3) is 3.73. The lowest BCUT2D eigenvalue weighted by Crippen LogP contribution is -2.49. The third-order valence-electron chi connectivity index (χ3n) is 3.43. The Kier molecular flexibility index (Phi) is 5.00. The first kappa shape index (κ1) is 15.6. The van der Waals surface area contributed by atoms with Gasteiger partial charge in [-0.05, 0) is 18.9 Å². The highest BCUT2D eigenvalue weighted by molar-refractivity contribution is 6.31. The number of carboxylic acids is 1. The molecule has 0 unspecified atom stereocenters. The summed E-state index contributed by atoms with van der Waals surface area (Å²) >= 11 is 5.84. The van der Waals surface area contributed by atoms with Crippen LogP contribution < -0.4 is 5.32 Å². The topological polar surface area (TPSA) is 71.3 Å². The number of aromatic nitrogens is 1. The van der Waals surface area contributed by atoms with Crippen molar-refractivity contribution < 1.29 is 14.7 Å². The highest BCUT2D eigenvalue weighted by Gasteiger charge is 2.31. The van der Waals surface area contributed by atoms with Crippen molar-refractivity contribution in [3.8, 4) is 0 Å². The Balaban J connectivity index is 2.93. The number of carbonyl (C=O) groups excluding carboxylic acids is 1. The number of nitrogens with one attached hydrogen (secondary N) is 1. The lowest BCUT2D eigenvalue weighted by molar-refractivity contribution is -0.138. The van der Waals surface area contributed by atoms with Gasteiger partial charge in [0.25, 0.3) is 5.91 Å². The molecule has 1 heterocycles. The number of nitrogens with zero attached hydrogens (tertiary/aromatic N) is 1. The summed E-state index contributed by atoms with van der Waals surface area (Å²) in [4.78, 5) is 23.2. The van der Waals surface area contributed by atoms with E-state index < -0.39 is 11.5 Å². The molecule has 19 heavy (non-hydrogen) atoms. The molecule has 1 rings (SSSR count). The summed E-state index contributed by atoms with van der Waals surface area (Å²) in [5, 5.41) is 12.3. The molecule has 0 radical (unpaired) electrons. The molecule has 0 bridgehead atoms. The van der Waals surface area contributed by atoms with Crippen molar-refractivity contribution in [3.05, 3.63) is 23.0 Å². The Labute approximate surface area is 117 Å². The molecule has 0 aliphatic carbocycles. The molecule has 0 saturated carbocycles. The highest BCUT2D eigenvalue weighted by Crippen LogP contribution is 2.21. The van der Waals surface area contributed by atoms with Gasteiger partial charge < -0.3 is 15.0 Å². The van der Waals surface area contributed by atoms with Crippen molar-refractivity contribution in [3.63, 3.8) is 0 Å². The first-order valence-corrected chi connectivity index (χ1v) is 6.57. The predicted octanol–water partition coefficient (Wildman–Crippen LogP) is 2.44. The summed E-state index contributed by atoms with van der Waals surface area (Å²) in [5.74, 6) is -1.23. The number of aliphatic carboxylic acids is 1. The first-order valence-electron chi connectivity index (χ1n) is 6.19. The van der Waals surface area contributed by atoms with Crippen molar-refractivity contribution in [1.82, 2.24) is 9.88 Å². The molecule has 0 fully saturated rings. The molecule has 0 aromatic carbocycles. The van der Waals surface area contributed by atoms with Gasteiger partial charge in [0, 0.05) is 13.2 Å². The van der Waals surface area contributed by atoms with Gasteiger partial charge in [0.15, 0.2) is 0 Å². The maximum Gasteiger partial charge on any atom is 0.305 e. The summed E-state index contributed by atoms with van der Waals surface area (Å²) in [6.07, 6.45) is 2.65. The maximum absolute atomic E-state index is 12.2. The van der Waals surface area contributed by atoms with Crippen LogP contribution in [0.1, 0.15) is 43.6 Å². The summed E-state index contributed by atoms with van der Waals surface area (Å²) < 4.78 is 1.62. The molecular formula is C13H19ClN2O3. The lowest BCUT2D eigenvalue weighted by atomic mass is 9.89. The van der Waals surface area contributed by atoms with Crippen LogP contribution in [-0.2, 0) is 11.8 Å². The second-order valence-electron chi connectivity index (χ2n) is 4.67. The molecule has 0 spiro atoms. The standard InChI is InChI=1S/C13H19ClN2O3/c1-4-13(5-2,7-11(17)18)15-12(19)10-6-9(14)8-16(10)3/h6,8H,4-5,7H2,1-3H3,(H,15,19)(H,17,18). The fourth-order valence-corrected chi connectivity index (χ4v) is 2.32. The molecular weight excluding hydrogens is 268 g/mol. The van der Waals surface area contributed by atoms with Gasteiger partial charge in [0.05, 0.1) is 17.0 Å². The minimum Gasteiger partial charge on any atom is -0.481 e. The smallest absolute Gasteiger partial charge is 0.305 e. The number of aryl methyl sites for hydroxylation is 1. The zero-order chi connectivity index (χ0) is 14.6. The molecule has 0 saturated heterocycles. The van der Waals surface area contributed by atoms with E-state index in [4.69, 9.17) is 16.7 Å². The largest absolute Gasteiger partial charge is 0.481 e. The van der Waals surface area contributed by atoms with Crippen LogP contribution in [-0.4, -0.2) is 27.1 Å². The predicted molar refractivity (Wildman–Crippen MR) is 73.5 cm³/mol. The van der Waals surface area contributed by atoms with Crippen LogP contribution >= 0.6 is 11.6 Å². The van der Waals surface area contributed by atoms with Gasteiger partial charge in [0.1, 0.15) is 5.69 Å². The summed E-state index contributed by atoms with van der Waals surface area (Å²) in [7, 11) is 1.72. The van der Waals surface area contributed by atoms with Crippen molar-refractivity contribution in [2.24, 2.45) is 7.05 Å². The molecule has 0 aliphatic heterocycles. The normalized spacial score (nSPS) is 11.4. The number of carbonyl (C=O) groups is 2. The van der Waals surface area contributed by atoms with Crippen LogP contribution in [0.5, 0.6) is 0 Å². The van der Waals surface area contributed by atoms with E-state index in [2.05, 4.69) is 5.32 Å². The Hall–Kier alpha value is -1.49. The fourth-order valence-electron chi connectivity index (χ4n) is 2.07. The van der Waals surface area contributed by atoms with Crippen molar-refractivity contribution >= 4 is 23.5 Å². The van der Waals surface area contributed by atoms with Crippen LogP contribution in [0.2, 0.25) is 5.02 Å². The Morgan fingerprint density at radius 1 is 1.42 bits per heavy atom. The minimum atomic E-state index is -0.922. The van der Waals surface area contributed by atoms with Gasteiger partial charge in [-0.1, -0.05) is 25.4 Å². The van der Waals surface area contributed by atoms with Crippen molar-refractivity contribution in [1.29, 1.82) is 0 Å². The van der Waals surface area contributed by atoms with Crippen molar-refractivity contribution in [2.75, 3.05) is 0 Å². The zero-order valence-corrected chi connectivity index (χ0v) is 12.1. The third-order valence-corrected chi connectivity index (χ3v) is 3.63. The van der Waals surface area contributed by atoms with Crippen LogP contribution in [0, 0.1) is 0 Å². The molecule has 6 heteroatoms. The summed E-state index contributed by atoms with van der Waals surface area (Å²) in [6.45, 7) is 3.73. The number of rotatable bonds is 6. The van der Waals surface area contributed by atoms with Crippen LogP contribution in [0.3, 0.4) is 0 Å². The second kappa shape index (κ2) is 6.10. The molecule has 5 nitrogen and oxygen atoms in total. The molecule has 1 aromatic rings. The number of hydrogen-bond acceptors (Lipinski definition) is 2. The van der Waals surface area contributed by atoms with Gasteiger partial charge in [0.2, 0.25) is 0 Å². The molecule has 1 aromatic heterocycles. The van der Waals surface area contributed by atoms with E-state index in [1.807, 2.05) is 13.8 Å². The molecule has 106 valence electrons. The molecule has 0 atom stereocenters. The highest BCUT2D eigenvalue weighted by atomic mass is 35.5. The van der Waals surface area contributed by atoms with E-state index in [1.54, 1.807) is 23.9 Å². The van der Waals surface area contributed by atoms with Gasteiger partial charge in [-0.3, -0.25) is 9.59 Å². The average Bonchev–Trinajstić information content (AvgIpc) is 2.67. The Bertz CT molecular complexity index is 478. The van der Waals surface area contributed by atoms with E-state index in [9.17, 15) is 9.59 Å². The minimum absolute atomic E-state index is 0.0934. The van der Waals surface area contributed by atoms with Gasteiger partial charge >= 0.3 is 5.97 Å². The molecule has 0 aliphatic rings. The number of carboxylic acid groups (broad SMARTS) is 1. The number of halogens is 1. The second-order valence-corrected chi connectivity index (χ2v) is 5.10. The first-order chi connectivity index (χ1) is 8.83. The molecule has 1 amide bonds. The summed E-state index contributed by atoms with van der Waals surface area (Å²) in [5.41, 5.74) is -0.304. The number of amides is 1. The van der Waals surface area contributed by atoms with E-state index >= 15 is 0 Å². The maximum atomic E-state index is 12.2. The summed E-state index contributed by atoms with van der Waals surface area (Å²) in [6, 6.07) is 1.56. The van der Waals surface area contributed by atoms with Gasteiger partial charge in [-0.15, -0.1) is 0 Å². The lowest BCUT2D eigenvalue weighted by Gasteiger charge is -2.31. The fraction of sp³-hybridized carbons (Fsp3) is 0.538. The van der Waals surface area contributed by atoms with E-state index in [0.717, 1.165) is 0 Å². The molecule has 2 N–H and O–H groups in total. The van der Waals surface area contributed by atoms with Gasteiger partial charge in [-0.2, -0.15) is 0 Å². The van der Waals surface area contributed by atoms with Crippen LogP contribution in [0.25, 0.3) is 0 Å². The zero-order valence-electron chi connectivity index (χ0n) is 11.4. The van der Waals surface area contributed by atoms with Gasteiger partial charge in [-0.25, -0.2) is 0 Å². The van der Waals surface area contributed by atoms with Crippen LogP contribution in [0.4, 0.5) is 0 Å². The van der Waals surface area contributed by atoms with E-state index in [-0.39, 0.29) is 12.3 Å². The Morgan fingerprint density at radius 2 is 2.00 bits per heavy atom.